The number of nitrogens with one attached hydrogen (secondary N) is 2. The van der Waals surface area contributed by atoms with Gasteiger partial charge in [-0.05, 0) is 38.7 Å². The molecule has 0 spiro atoms. The van der Waals surface area contributed by atoms with E-state index >= 15 is 0 Å². The number of hydrogen-bond acceptors (Lipinski definition) is 5. The molecule has 1 saturated carbocycles. The summed E-state index contributed by atoms with van der Waals surface area (Å²) in [5.74, 6) is 0.624. The Balaban J connectivity index is 1.46. The van der Waals surface area contributed by atoms with Crippen molar-refractivity contribution in [3.63, 3.8) is 0 Å². The predicted octanol–water partition coefficient (Wildman–Crippen LogP) is 4.27. The third-order valence-electron chi connectivity index (χ3n) is 5.19. The number of aromatic nitrogens is 2. The summed E-state index contributed by atoms with van der Waals surface area (Å²) in [7, 11) is 1.74. The normalized spacial score (nSPS) is 18.5. The summed E-state index contributed by atoms with van der Waals surface area (Å²) >= 11 is 0. The Hall–Kier alpha value is -3.03. The van der Waals surface area contributed by atoms with E-state index in [4.69, 9.17) is 9.47 Å². The lowest BCUT2D eigenvalue weighted by molar-refractivity contribution is 0.0645. The van der Waals surface area contributed by atoms with E-state index in [0.29, 0.717) is 5.82 Å². The molecule has 1 aliphatic carbocycles. The second-order valence-electron chi connectivity index (χ2n) is 7.62. The van der Waals surface area contributed by atoms with E-state index in [9.17, 15) is 9.59 Å². The van der Waals surface area contributed by atoms with Gasteiger partial charge in [-0.2, -0.15) is 5.10 Å². The average molecular weight is 400 g/mol. The number of rotatable bonds is 6. The van der Waals surface area contributed by atoms with E-state index in [1.54, 1.807) is 18.0 Å². The number of carbonyl (C=O) groups excluding carboxylic acids is 2. The van der Waals surface area contributed by atoms with Crippen LogP contribution in [0.25, 0.3) is 0 Å². The zero-order valence-corrected chi connectivity index (χ0v) is 17.1. The first kappa shape index (κ1) is 20.7. The van der Waals surface area contributed by atoms with Crippen molar-refractivity contribution in [3.05, 3.63) is 47.7 Å². The molecule has 1 aliphatic rings. The fraction of sp³-hybridized carbons (Fsp3) is 0.476. The van der Waals surface area contributed by atoms with Crippen LogP contribution in [0.2, 0.25) is 0 Å². The summed E-state index contributed by atoms with van der Waals surface area (Å²) in [6.07, 6.45) is 1.48. The smallest absolute Gasteiger partial charge is 0.413 e. The second kappa shape index (κ2) is 9.45. The van der Waals surface area contributed by atoms with Gasteiger partial charge in [0.05, 0.1) is 0 Å². The molecule has 2 N–H and O–H groups in total. The molecule has 0 unspecified atom stereocenters. The van der Waals surface area contributed by atoms with Gasteiger partial charge in [0.1, 0.15) is 12.7 Å². The van der Waals surface area contributed by atoms with Gasteiger partial charge in [0.2, 0.25) is 0 Å². The van der Waals surface area contributed by atoms with Crippen LogP contribution in [-0.2, 0) is 16.1 Å². The van der Waals surface area contributed by atoms with Crippen molar-refractivity contribution >= 4 is 18.0 Å². The highest BCUT2D eigenvalue weighted by atomic mass is 16.6. The quantitative estimate of drug-likeness (QED) is 0.755. The highest BCUT2D eigenvalue weighted by molar-refractivity contribution is 5.83. The Morgan fingerprint density at radius 3 is 2.76 bits per heavy atom. The Morgan fingerprint density at radius 1 is 1.28 bits per heavy atom. The number of ether oxygens (including phenoxy) is 2. The lowest BCUT2D eigenvalue weighted by atomic mass is 10.0. The molecule has 0 saturated heterocycles. The number of aromatic amines is 1. The molecular formula is C21H28N4O4. The summed E-state index contributed by atoms with van der Waals surface area (Å²) in [5.41, 5.74) is 1.83. The summed E-state index contributed by atoms with van der Waals surface area (Å²) in [5, 5.41) is 9.74. The summed E-state index contributed by atoms with van der Waals surface area (Å²) in [4.78, 5) is 25.6. The molecule has 0 radical (unpaired) electrons. The molecule has 1 aromatic carbocycles. The van der Waals surface area contributed by atoms with Crippen molar-refractivity contribution in [2.45, 2.75) is 57.8 Å². The third kappa shape index (κ3) is 5.73. The molecular weight excluding hydrogens is 372 g/mol. The van der Waals surface area contributed by atoms with Crippen LogP contribution >= 0.6 is 0 Å². The van der Waals surface area contributed by atoms with Crippen molar-refractivity contribution in [1.29, 1.82) is 0 Å². The Bertz CT molecular complexity index is 821. The van der Waals surface area contributed by atoms with Crippen LogP contribution in [0, 0.1) is 0 Å². The topological polar surface area (TPSA) is 96.6 Å². The number of H-pyrrole nitrogens is 1. The van der Waals surface area contributed by atoms with Crippen molar-refractivity contribution in [3.8, 4) is 0 Å². The maximum absolute atomic E-state index is 12.1. The van der Waals surface area contributed by atoms with Gasteiger partial charge in [-0.15, -0.1) is 0 Å². The van der Waals surface area contributed by atoms with Crippen LogP contribution in [0.1, 0.15) is 50.3 Å². The van der Waals surface area contributed by atoms with E-state index in [0.717, 1.165) is 30.5 Å². The molecule has 1 fully saturated rings. The van der Waals surface area contributed by atoms with Crippen LogP contribution in [0.4, 0.5) is 15.4 Å². The average Bonchev–Trinajstić information content (AvgIpc) is 3.36. The van der Waals surface area contributed by atoms with Gasteiger partial charge in [-0.3, -0.25) is 10.4 Å². The largest absolute Gasteiger partial charge is 0.446 e. The fourth-order valence-corrected chi connectivity index (χ4v) is 3.24. The van der Waals surface area contributed by atoms with Gasteiger partial charge in [0, 0.05) is 30.8 Å². The zero-order valence-electron chi connectivity index (χ0n) is 17.1. The van der Waals surface area contributed by atoms with Gasteiger partial charge >= 0.3 is 12.2 Å². The summed E-state index contributed by atoms with van der Waals surface area (Å²) < 4.78 is 10.8. The molecule has 3 rings (SSSR count). The minimum atomic E-state index is -0.554. The van der Waals surface area contributed by atoms with Crippen molar-refractivity contribution < 1.29 is 19.1 Å². The standard InChI is InChI=1S/C21H28N4O4/c1-14(2)25(3)21(27)29-17-10-9-16(11-17)18-12-19(24-23-18)22-20(26)28-13-15-7-5-4-6-8-15/h4-8,12,14,16-17H,9-11,13H2,1-3H3,(H2,22,23,24,26)/t16-,17+/m0/s1. The molecule has 8 nitrogen and oxygen atoms in total. The SMILES string of the molecule is CC(C)N(C)C(=O)O[C@@H]1CC[C@H](c2cc(NC(=O)OCc3ccccc3)n[nH]2)C1. The Labute approximate surface area is 170 Å². The minimum absolute atomic E-state index is 0.0996. The molecule has 8 heteroatoms. The number of anilines is 1. The van der Waals surface area contributed by atoms with E-state index < -0.39 is 6.09 Å². The van der Waals surface area contributed by atoms with E-state index in [-0.39, 0.29) is 30.8 Å². The van der Waals surface area contributed by atoms with Crippen LogP contribution in [0.5, 0.6) is 0 Å². The first-order valence-corrected chi connectivity index (χ1v) is 9.89. The minimum Gasteiger partial charge on any atom is -0.446 e. The van der Waals surface area contributed by atoms with Gasteiger partial charge < -0.3 is 14.4 Å². The van der Waals surface area contributed by atoms with Crippen LogP contribution in [-0.4, -0.2) is 46.5 Å². The predicted molar refractivity (Wildman–Crippen MR) is 109 cm³/mol. The monoisotopic (exact) mass is 400 g/mol. The maximum Gasteiger partial charge on any atom is 0.413 e. The highest BCUT2D eigenvalue weighted by Gasteiger charge is 2.31. The molecule has 1 heterocycles. The first-order chi connectivity index (χ1) is 13.9. The molecule has 2 aromatic rings. The number of carbonyl (C=O) groups is 2. The van der Waals surface area contributed by atoms with Crippen molar-refractivity contribution in [2.24, 2.45) is 0 Å². The molecule has 29 heavy (non-hydrogen) atoms. The summed E-state index contributed by atoms with van der Waals surface area (Å²) in [6, 6.07) is 11.4. The first-order valence-electron chi connectivity index (χ1n) is 9.89. The van der Waals surface area contributed by atoms with Crippen LogP contribution < -0.4 is 5.32 Å². The molecule has 2 amide bonds. The van der Waals surface area contributed by atoms with Gasteiger partial charge in [0.25, 0.3) is 0 Å². The number of hydrogen-bond donors (Lipinski definition) is 2. The fourth-order valence-electron chi connectivity index (χ4n) is 3.24. The van der Waals surface area contributed by atoms with E-state index in [1.165, 1.54) is 0 Å². The number of nitrogens with zero attached hydrogens (tertiary/aromatic N) is 2. The summed E-state index contributed by atoms with van der Waals surface area (Å²) in [6.45, 7) is 4.09. The van der Waals surface area contributed by atoms with Gasteiger partial charge in [0.15, 0.2) is 5.82 Å². The lowest BCUT2D eigenvalue weighted by Crippen LogP contribution is -2.35. The third-order valence-corrected chi connectivity index (χ3v) is 5.19. The number of amides is 2. The zero-order chi connectivity index (χ0) is 20.8. The Morgan fingerprint density at radius 2 is 2.03 bits per heavy atom. The highest BCUT2D eigenvalue weighted by Crippen LogP contribution is 2.36. The molecule has 156 valence electrons. The van der Waals surface area contributed by atoms with E-state index in [1.807, 2.05) is 44.2 Å². The van der Waals surface area contributed by atoms with Crippen LogP contribution in [0.3, 0.4) is 0 Å². The van der Waals surface area contributed by atoms with Crippen LogP contribution in [0.15, 0.2) is 36.4 Å². The molecule has 0 aliphatic heterocycles. The van der Waals surface area contributed by atoms with Gasteiger partial charge in [-0.25, -0.2) is 9.59 Å². The van der Waals surface area contributed by atoms with Crippen molar-refractivity contribution in [2.75, 3.05) is 12.4 Å². The Kier molecular flexibility index (Phi) is 6.74. The molecule has 2 atom stereocenters. The second-order valence-corrected chi connectivity index (χ2v) is 7.62. The molecule has 1 aromatic heterocycles. The van der Waals surface area contributed by atoms with E-state index in [2.05, 4.69) is 15.5 Å². The number of benzene rings is 1. The van der Waals surface area contributed by atoms with Crippen molar-refractivity contribution in [1.82, 2.24) is 15.1 Å². The molecule has 0 bridgehead atoms. The van der Waals surface area contributed by atoms with Gasteiger partial charge in [-0.1, -0.05) is 30.3 Å². The maximum atomic E-state index is 12.1. The lowest BCUT2D eigenvalue weighted by Gasteiger charge is -2.23.